The van der Waals surface area contributed by atoms with Gasteiger partial charge in [0.15, 0.2) is 0 Å². The molecule has 0 unspecified atom stereocenters. The molecule has 3 aromatic carbocycles. The van der Waals surface area contributed by atoms with Gasteiger partial charge in [0.1, 0.15) is 52.3 Å². The molecular weight excluding hydrogens is 708 g/mol. The third kappa shape index (κ3) is 8.13. The molecule has 1 aliphatic carbocycles. The summed E-state index contributed by atoms with van der Waals surface area (Å²) in [5, 5.41) is -0.285. The maximum absolute atomic E-state index is 15.8. The molecule has 17 heteroatoms. The van der Waals surface area contributed by atoms with E-state index in [4.69, 9.17) is 36.3 Å². The molecule has 0 saturated heterocycles. The summed E-state index contributed by atoms with van der Waals surface area (Å²) in [7, 11) is -1.84. The summed E-state index contributed by atoms with van der Waals surface area (Å²) < 4.78 is 107. The highest BCUT2D eigenvalue weighted by atomic mass is 35.5. The standard InChI is InChI=1S/C33H31ClF4N4O7S/c1-46-23-8-6-21(27(14-23)47-2)17-42(31-10-11-40-18-41-31)50(44,45)30-15-24(34)28(16-25(30)35)48-26-9-7-20(13-29(26)49-32(39)43)19-4-3-5-22(12-19)33(36,37)38/h3-6,8,10-12,14-16,18,20,26,29H,7,9,13,17H2,1-2H3,(H2,39,43)/t20-,26-,29-/m0/s1. The molecular formula is C33H31ClF4N4O7S. The maximum atomic E-state index is 15.8. The van der Waals surface area contributed by atoms with Gasteiger partial charge in [-0.05, 0) is 55.0 Å². The molecule has 11 nitrogen and oxygen atoms in total. The Morgan fingerprint density at radius 2 is 1.80 bits per heavy atom. The first-order valence-corrected chi connectivity index (χ1v) is 16.8. The second-order valence-electron chi connectivity index (χ2n) is 11.2. The van der Waals surface area contributed by atoms with Gasteiger partial charge >= 0.3 is 12.3 Å². The number of nitrogens with two attached hydrogens (primary N) is 1. The molecule has 1 aliphatic rings. The van der Waals surface area contributed by atoms with E-state index in [2.05, 4.69) is 9.97 Å². The van der Waals surface area contributed by atoms with Gasteiger partial charge in [-0.15, -0.1) is 0 Å². The summed E-state index contributed by atoms with van der Waals surface area (Å²) in [6.45, 7) is -0.330. The van der Waals surface area contributed by atoms with Gasteiger partial charge in [0.25, 0.3) is 10.0 Å². The first kappa shape index (κ1) is 36.5. The quantitative estimate of drug-likeness (QED) is 0.163. The van der Waals surface area contributed by atoms with Crippen molar-refractivity contribution in [3.63, 3.8) is 0 Å². The fourth-order valence-corrected chi connectivity index (χ4v) is 7.46. The number of halogens is 5. The van der Waals surface area contributed by atoms with Crippen LogP contribution in [0.3, 0.4) is 0 Å². The number of nitrogens with zero attached hydrogens (tertiary/aromatic N) is 3. The number of carbonyl (C=O) groups is 1. The number of methoxy groups -OCH3 is 2. The molecule has 0 bridgehead atoms. The SMILES string of the molecule is COc1ccc(CN(c2ccncn2)S(=O)(=O)c2cc(Cl)c(O[C@H]3CC[C@H](c4cccc(C(F)(F)F)c4)C[C@@H]3OC(N)=O)cc2F)c(OC)c1. The molecule has 1 amide bonds. The van der Waals surface area contributed by atoms with Gasteiger partial charge in [0, 0.05) is 30.0 Å². The van der Waals surface area contributed by atoms with Crippen molar-refractivity contribution in [2.24, 2.45) is 5.73 Å². The number of aromatic nitrogens is 2. The van der Waals surface area contributed by atoms with Crippen molar-refractivity contribution < 1.29 is 49.7 Å². The van der Waals surface area contributed by atoms with Crippen LogP contribution >= 0.6 is 11.6 Å². The lowest BCUT2D eigenvalue weighted by atomic mass is 9.80. The van der Waals surface area contributed by atoms with Crippen LogP contribution in [0.5, 0.6) is 17.2 Å². The highest BCUT2D eigenvalue weighted by Gasteiger charge is 2.38. The van der Waals surface area contributed by atoms with Crippen molar-refractivity contribution in [1.29, 1.82) is 0 Å². The summed E-state index contributed by atoms with van der Waals surface area (Å²) in [5.74, 6) is -1.22. The summed E-state index contributed by atoms with van der Waals surface area (Å²) >= 11 is 6.48. The zero-order valence-corrected chi connectivity index (χ0v) is 28.1. The first-order valence-electron chi connectivity index (χ1n) is 15.0. The zero-order chi connectivity index (χ0) is 36.2. The number of carbonyl (C=O) groups excluding carboxylic acids is 1. The molecule has 1 aromatic heterocycles. The number of rotatable bonds is 11. The smallest absolute Gasteiger partial charge is 0.416 e. The Bertz CT molecular complexity index is 1950. The molecule has 2 N–H and O–H groups in total. The zero-order valence-electron chi connectivity index (χ0n) is 26.6. The van der Waals surface area contributed by atoms with Crippen molar-refractivity contribution in [1.82, 2.24) is 9.97 Å². The van der Waals surface area contributed by atoms with Gasteiger partial charge in [0.2, 0.25) is 0 Å². The van der Waals surface area contributed by atoms with Crippen molar-refractivity contribution in [2.45, 2.75) is 55.0 Å². The van der Waals surface area contributed by atoms with Gasteiger partial charge in [-0.1, -0.05) is 29.8 Å². The van der Waals surface area contributed by atoms with E-state index in [1.807, 2.05) is 0 Å². The van der Waals surface area contributed by atoms with Gasteiger partial charge in [-0.25, -0.2) is 31.9 Å². The molecule has 1 saturated carbocycles. The first-order chi connectivity index (χ1) is 23.7. The van der Waals surface area contributed by atoms with Crippen LogP contribution in [-0.2, 0) is 27.5 Å². The van der Waals surface area contributed by atoms with Crippen molar-refractivity contribution >= 4 is 33.5 Å². The van der Waals surface area contributed by atoms with E-state index in [-0.39, 0.29) is 36.0 Å². The second kappa shape index (κ2) is 15.0. The van der Waals surface area contributed by atoms with Crippen LogP contribution in [-0.4, -0.2) is 50.9 Å². The Kier molecular flexibility index (Phi) is 10.9. The lowest BCUT2D eigenvalue weighted by molar-refractivity contribution is -0.137. The fraction of sp³-hybridized carbons (Fsp3) is 0.303. The summed E-state index contributed by atoms with van der Waals surface area (Å²) in [6.07, 6.45) is -4.70. The van der Waals surface area contributed by atoms with Gasteiger partial charge in [-0.2, -0.15) is 13.2 Å². The topological polar surface area (TPSA) is 143 Å². The van der Waals surface area contributed by atoms with Crippen molar-refractivity contribution in [3.8, 4) is 17.2 Å². The number of primary amides is 1. The normalized spacial score (nSPS) is 17.9. The van der Waals surface area contributed by atoms with E-state index >= 15 is 4.39 Å². The number of hydrogen-bond acceptors (Lipinski definition) is 9. The van der Waals surface area contributed by atoms with E-state index in [1.54, 1.807) is 24.3 Å². The van der Waals surface area contributed by atoms with E-state index in [9.17, 15) is 26.4 Å². The molecule has 0 aliphatic heterocycles. The Morgan fingerprint density at radius 1 is 1.02 bits per heavy atom. The number of sulfonamides is 1. The van der Waals surface area contributed by atoms with E-state index in [1.165, 1.54) is 32.5 Å². The van der Waals surface area contributed by atoms with Crippen LogP contribution in [0.15, 0.2) is 78.1 Å². The average molecular weight is 739 g/mol. The Balaban J connectivity index is 1.43. The predicted molar refractivity (Wildman–Crippen MR) is 173 cm³/mol. The third-order valence-electron chi connectivity index (χ3n) is 8.15. The lowest BCUT2D eigenvalue weighted by Crippen LogP contribution is -2.41. The highest BCUT2D eigenvalue weighted by Crippen LogP contribution is 2.41. The van der Waals surface area contributed by atoms with Crippen molar-refractivity contribution in [2.75, 3.05) is 18.5 Å². The van der Waals surface area contributed by atoms with Crippen LogP contribution in [0.1, 0.15) is 41.9 Å². The van der Waals surface area contributed by atoms with Gasteiger partial charge in [-0.3, -0.25) is 0 Å². The number of benzene rings is 3. The molecule has 266 valence electrons. The van der Waals surface area contributed by atoms with Gasteiger partial charge in [0.05, 0.1) is 31.4 Å². The number of anilines is 1. The molecule has 0 spiro atoms. The van der Waals surface area contributed by atoms with E-state index in [0.717, 1.165) is 34.9 Å². The van der Waals surface area contributed by atoms with Crippen LogP contribution in [0.25, 0.3) is 0 Å². The summed E-state index contributed by atoms with van der Waals surface area (Å²) in [5.41, 5.74) is 5.25. The van der Waals surface area contributed by atoms with Gasteiger partial charge < -0.3 is 24.7 Å². The molecule has 3 atom stereocenters. The average Bonchev–Trinajstić information content (AvgIpc) is 3.09. The third-order valence-corrected chi connectivity index (χ3v) is 10.2. The van der Waals surface area contributed by atoms with E-state index < -0.39 is 56.7 Å². The largest absolute Gasteiger partial charge is 0.497 e. The maximum Gasteiger partial charge on any atom is 0.416 e. The second-order valence-corrected chi connectivity index (χ2v) is 13.5. The highest BCUT2D eigenvalue weighted by molar-refractivity contribution is 7.92. The fourth-order valence-electron chi connectivity index (χ4n) is 5.72. The summed E-state index contributed by atoms with van der Waals surface area (Å²) in [4.78, 5) is 18.9. The minimum absolute atomic E-state index is 0.0458. The number of amides is 1. The van der Waals surface area contributed by atoms with Crippen LogP contribution in [0, 0.1) is 5.82 Å². The molecule has 50 heavy (non-hydrogen) atoms. The predicted octanol–water partition coefficient (Wildman–Crippen LogP) is 6.88. The minimum atomic E-state index is -4.70. The molecule has 5 rings (SSSR count). The molecule has 1 heterocycles. The molecule has 1 fully saturated rings. The molecule has 0 radical (unpaired) electrons. The van der Waals surface area contributed by atoms with E-state index in [0.29, 0.717) is 29.0 Å². The van der Waals surface area contributed by atoms with Crippen LogP contribution < -0.4 is 24.2 Å². The monoisotopic (exact) mass is 738 g/mol. The lowest BCUT2D eigenvalue weighted by Gasteiger charge is -2.36. The Morgan fingerprint density at radius 3 is 2.46 bits per heavy atom. The Hall–Kier alpha value is -4.83. The number of ether oxygens (including phenoxy) is 4. The number of hydrogen-bond donors (Lipinski definition) is 1. The number of alkyl halides is 3. The van der Waals surface area contributed by atoms with Crippen molar-refractivity contribution in [3.05, 3.63) is 101 Å². The Labute approximate surface area is 289 Å². The minimum Gasteiger partial charge on any atom is -0.497 e. The molecule has 4 aromatic rings. The van der Waals surface area contributed by atoms with Crippen LogP contribution in [0.2, 0.25) is 5.02 Å². The van der Waals surface area contributed by atoms with Crippen LogP contribution in [0.4, 0.5) is 28.2 Å². The summed E-state index contributed by atoms with van der Waals surface area (Å²) in [6, 6.07) is 12.6.